The average molecular weight is 254 g/mol. The smallest absolute Gasteiger partial charge is 0.309 e. The van der Waals surface area contributed by atoms with Gasteiger partial charge < -0.3 is 10.5 Å². The quantitative estimate of drug-likeness (QED) is 0.842. The molecule has 0 aliphatic heterocycles. The summed E-state index contributed by atoms with van der Waals surface area (Å²) in [5.74, 6) is -0.165. The zero-order valence-corrected chi connectivity index (χ0v) is 10.3. The number of rotatable bonds is 3. The molecule has 3 nitrogen and oxygen atoms in total. The van der Waals surface area contributed by atoms with Crippen molar-refractivity contribution in [3.63, 3.8) is 0 Å². The lowest BCUT2D eigenvalue weighted by molar-refractivity contribution is -0.149. The lowest BCUT2D eigenvalue weighted by atomic mass is 10.1. The highest BCUT2D eigenvalue weighted by Crippen LogP contribution is 2.25. The van der Waals surface area contributed by atoms with Crippen molar-refractivity contribution in [1.82, 2.24) is 0 Å². The normalized spacial score (nSPS) is 23.6. The SMILES string of the molecule is NC1CCC(C(=O)OCc2cccc(Cl)c2)C1. The van der Waals surface area contributed by atoms with Gasteiger partial charge in [0.15, 0.2) is 0 Å². The molecule has 0 bridgehead atoms. The van der Waals surface area contributed by atoms with Crippen molar-refractivity contribution in [2.24, 2.45) is 11.7 Å². The molecule has 92 valence electrons. The Hall–Kier alpha value is -1.06. The van der Waals surface area contributed by atoms with Crippen LogP contribution in [0.15, 0.2) is 24.3 Å². The fraction of sp³-hybridized carbons (Fsp3) is 0.462. The van der Waals surface area contributed by atoms with E-state index in [1.165, 1.54) is 0 Å². The van der Waals surface area contributed by atoms with Gasteiger partial charge in [0.25, 0.3) is 0 Å². The zero-order chi connectivity index (χ0) is 12.3. The third-order valence-corrected chi connectivity index (χ3v) is 3.31. The highest BCUT2D eigenvalue weighted by molar-refractivity contribution is 6.30. The summed E-state index contributed by atoms with van der Waals surface area (Å²) >= 11 is 5.85. The lowest BCUT2D eigenvalue weighted by Gasteiger charge is -2.10. The van der Waals surface area contributed by atoms with Crippen molar-refractivity contribution in [3.05, 3.63) is 34.9 Å². The molecule has 0 radical (unpaired) electrons. The Kier molecular flexibility index (Phi) is 4.02. The Balaban J connectivity index is 1.84. The van der Waals surface area contributed by atoms with E-state index in [2.05, 4.69) is 0 Å². The Morgan fingerprint density at radius 3 is 2.94 bits per heavy atom. The third-order valence-electron chi connectivity index (χ3n) is 3.08. The summed E-state index contributed by atoms with van der Waals surface area (Å²) < 4.78 is 5.26. The highest BCUT2D eigenvalue weighted by Gasteiger charge is 2.28. The van der Waals surface area contributed by atoms with Crippen LogP contribution >= 0.6 is 11.6 Å². The molecule has 2 rings (SSSR count). The number of carbonyl (C=O) groups is 1. The van der Waals surface area contributed by atoms with Gasteiger partial charge in [-0.15, -0.1) is 0 Å². The van der Waals surface area contributed by atoms with E-state index in [0.29, 0.717) is 5.02 Å². The first-order valence-electron chi connectivity index (χ1n) is 5.82. The van der Waals surface area contributed by atoms with Crippen molar-refractivity contribution in [1.29, 1.82) is 0 Å². The number of benzene rings is 1. The number of carbonyl (C=O) groups excluding carboxylic acids is 1. The van der Waals surface area contributed by atoms with Crippen molar-refractivity contribution in [3.8, 4) is 0 Å². The van der Waals surface area contributed by atoms with E-state index in [4.69, 9.17) is 22.1 Å². The van der Waals surface area contributed by atoms with E-state index in [-0.39, 0.29) is 24.5 Å². The number of ether oxygens (including phenoxy) is 1. The molecule has 2 unspecified atom stereocenters. The molecule has 1 aromatic rings. The molecule has 4 heteroatoms. The highest BCUT2D eigenvalue weighted by atomic mass is 35.5. The monoisotopic (exact) mass is 253 g/mol. The molecule has 0 amide bonds. The molecule has 1 saturated carbocycles. The number of halogens is 1. The summed E-state index contributed by atoms with van der Waals surface area (Å²) in [6, 6.07) is 7.48. The van der Waals surface area contributed by atoms with Gasteiger partial charge in [-0.2, -0.15) is 0 Å². The van der Waals surface area contributed by atoms with Gasteiger partial charge in [-0.25, -0.2) is 0 Å². The van der Waals surface area contributed by atoms with Crippen LogP contribution in [0.25, 0.3) is 0 Å². The summed E-state index contributed by atoms with van der Waals surface area (Å²) in [5.41, 5.74) is 6.68. The van der Waals surface area contributed by atoms with Crippen LogP contribution in [0.5, 0.6) is 0 Å². The summed E-state index contributed by atoms with van der Waals surface area (Å²) in [7, 11) is 0. The Labute approximate surface area is 106 Å². The Bertz CT molecular complexity index is 408. The zero-order valence-electron chi connectivity index (χ0n) is 9.56. The molecule has 2 N–H and O–H groups in total. The molecule has 1 fully saturated rings. The van der Waals surface area contributed by atoms with E-state index in [1.807, 2.05) is 12.1 Å². The molecule has 2 atom stereocenters. The van der Waals surface area contributed by atoms with Gasteiger partial charge in [0.1, 0.15) is 6.61 Å². The molecule has 0 spiro atoms. The average Bonchev–Trinajstić information content (AvgIpc) is 2.73. The number of esters is 1. The topological polar surface area (TPSA) is 52.3 Å². The molecule has 1 aliphatic carbocycles. The second kappa shape index (κ2) is 5.52. The van der Waals surface area contributed by atoms with Crippen LogP contribution in [-0.2, 0) is 16.1 Å². The predicted molar refractivity (Wildman–Crippen MR) is 66.6 cm³/mol. The van der Waals surface area contributed by atoms with E-state index in [0.717, 1.165) is 24.8 Å². The third kappa shape index (κ3) is 3.45. The van der Waals surface area contributed by atoms with Crippen LogP contribution in [0.3, 0.4) is 0 Å². The molecule has 1 aromatic carbocycles. The van der Waals surface area contributed by atoms with Gasteiger partial charge in [-0.3, -0.25) is 4.79 Å². The molecular weight excluding hydrogens is 238 g/mol. The maximum Gasteiger partial charge on any atom is 0.309 e. The number of nitrogens with two attached hydrogens (primary N) is 1. The van der Waals surface area contributed by atoms with Crippen LogP contribution in [0, 0.1) is 5.92 Å². The maximum absolute atomic E-state index is 11.7. The fourth-order valence-corrected chi connectivity index (χ4v) is 2.34. The fourth-order valence-electron chi connectivity index (χ4n) is 2.13. The molecule has 17 heavy (non-hydrogen) atoms. The van der Waals surface area contributed by atoms with Crippen LogP contribution < -0.4 is 5.73 Å². The van der Waals surface area contributed by atoms with E-state index in [1.54, 1.807) is 12.1 Å². The van der Waals surface area contributed by atoms with E-state index in [9.17, 15) is 4.79 Å². The number of hydrogen-bond acceptors (Lipinski definition) is 3. The van der Waals surface area contributed by atoms with Gasteiger partial charge in [0.05, 0.1) is 5.92 Å². The van der Waals surface area contributed by atoms with Crippen LogP contribution in [0.2, 0.25) is 5.02 Å². The van der Waals surface area contributed by atoms with Gasteiger partial charge in [-0.05, 0) is 37.0 Å². The van der Waals surface area contributed by atoms with Crippen molar-refractivity contribution >= 4 is 17.6 Å². The van der Waals surface area contributed by atoms with E-state index >= 15 is 0 Å². The second-order valence-electron chi connectivity index (χ2n) is 4.51. The molecule has 1 aliphatic rings. The largest absolute Gasteiger partial charge is 0.461 e. The summed E-state index contributed by atoms with van der Waals surface area (Å²) in [6.07, 6.45) is 2.50. The molecule has 0 saturated heterocycles. The minimum absolute atomic E-state index is 0.0239. The van der Waals surface area contributed by atoms with E-state index < -0.39 is 0 Å². The second-order valence-corrected chi connectivity index (χ2v) is 4.94. The minimum atomic E-state index is -0.141. The standard InChI is InChI=1S/C13H16ClNO2/c14-11-3-1-2-9(6-11)8-17-13(16)10-4-5-12(15)7-10/h1-3,6,10,12H,4-5,7-8,15H2. The Morgan fingerprint density at radius 2 is 2.29 bits per heavy atom. The number of hydrogen-bond donors (Lipinski definition) is 1. The van der Waals surface area contributed by atoms with Gasteiger partial charge >= 0.3 is 5.97 Å². The van der Waals surface area contributed by atoms with Crippen LogP contribution in [-0.4, -0.2) is 12.0 Å². The minimum Gasteiger partial charge on any atom is -0.461 e. The van der Waals surface area contributed by atoms with Crippen LogP contribution in [0.4, 0.5) is 0 Å². The van der Waals surface area contributed by atoms with Gasteiger partial charge in [-0.1, -0.05) is 23.7 Å². The van der Waals surface area contributed by atoms with Crippen molar-refractivity contribution in [2.75, 3.05) is 0 Å². The summed E-state index contributed by atoms with van der Waals surface area (Å²) in [4.78, 5) is 11.7. The maximum atomic E-state index is 11.7. The van der Waals surface area contributed by atoms with Crippen molar-refractivity contribution in [2.45, 2.75) is 31.9 Å². The van der Waals surface area contributed by atoms with Crippen LogP contribution in [0.1, 0.15) is 24.8 Å². The first-order valence-corrected chi connectivity index (χ1v) is 6.19. The molecular formula is C13H16ClNO2. The van der Waals surface area contributed by atoms with Gasteiger partial charge in [0.2, 0.25) is 0 Å². The summed E-state index contributed by atoms with van der Waals surface area (Å²) in [6.45, 7) is 0.283. The Morgan fingerprint density at radius 1 is 1.47 bits per heavy atom. The lowest BCUT2D eigenvalue weighted by Crippen LogP contribution is -2.19. The molecule has 0 heterocycles. The first kappa shape index (κ1) is 12.4. The molecule has 0 aromatic heterocycles. The predicted octanol–water partition coefficient (Wildman–Crippen LogP) is 2.51. The summed E-state index contributed by atoms with van der Waals surface area (Å²) in [5, 5.41) is 0.654. The van der Waals surface area contributed by atoms with Crippen molar-refractivity contribution < 1.29 is 9.53 Å². The first-order chi connectivity index (χ1) is 8.15. The van der Waals surface area contributed by atoms with Gasteiger partial charge in [0, 0.05) is 11.1 Å².